The molecule has 0 fully saturated rings. The van der Waals surface area contributed by atoms with Gasteiger partial charge in [0.25, 0.3) is 0 Å². The van der Waals surface area contributed by atoms with Crippen molar-refractivity contribution >= 4 is 56.9 Å². The minimum absolute atomic E-state index is 0.988. The lowest BCUT2D eigenvalue weighted by Crippen LogP contribution is -1.66. The second kappa shape index (κ2) is 8.77. The van der Waals surface area contributed by atoms with E-state index in [1.54, 1.807) is 35.1 Å². The van der Waals surface area contributed by atoms with Crippen molar-refractivity contribution in [2.75, 3.05) is 0 Å². The standard InChI is InChI=1S/C8H6S2.C6H4N2S.C6H4N2/c1-3-7(9-5-1)8-4-2-6-10-8;1-2-4-6-5(3-1)7-8-9-6;1-3-7-6-2-4-8-5(1)6/h1-6H;1-4H;1-4H. The normalized spacial score (nSPS) is 13.3. The molecule has 0 aliphatic carbocycles. The van der Waals surface area contributed by atoms with Crippen LogP contribution in [0.25, 0.3) is 20.0 Å². The van der Waals surface area contributed by atoms with Crippen molar-refractivity contribution in [2.45, 2.75) is 0 Å². The first kappa shape index (κ1) is 17.7. The average Bonchev–Trinajstić information content (AvgIpc) is 3.53. The number of hydrogen-bond acceptors (Lipinski definition) is 7. The number of thiophene rings is 2. The maximum absolute atomic E-state index is 4.02. The summed E-state index contributed by atoms with van der Waals surface area (Å²) in [7, 11) is 0. The summed E-state index contributed by atoms with van der Waals surface area (Å²) in [4.78, 5) is 10.8. The van der Waals surface area contributed by atoms with Gasteiger partial charge in [-0.25, -0.2) is 0 Å². The molecule has 0 N–H and O–H groups in total. The molecule has 0 radical (unpaired) electrons. The predicted molar refractivity (Wildman–Crippen MR) is 118 cm³/mol. The molecule has 2 aliphatic heterocycles. The quantitative estimate of drug-likeness (QED) is 0.384. The number of allylic oxidation sites excluding steroid dienone is 2. The van der Waals surface area contributed by atoms with Crippen molar-refractivity contribution in [3.8, 4) is 9.75 Å². The number of rotatable bonds is 1. The molecule has 0 atom stereocenters. The Labute approximate surface area is 168 Å². The van der Waals surface area contributed by atoms with Crippen molar-refractivity contribution in [3.63, 3.8) is 0 Å². The zero-order chi connectivity index (χ0) is 18.3. The Bertz CT molecular complexity index is 1030. The number of fused-ring (bicyclic) bond motifs is 2. The van der Waals surface area contributed by atoms with E-state index in [1.807, 2.05) is 36.4 Å². The van der Waals surface area contributed by atoms with Gasteiger partial charge in [0, 0.05) is 22.2 Å². The Kier molecular flexibility index (Phi) is 5.73. The highest BCUT2D eigenvalue weighted by Gasteiger charge is 2.07. The Morgan fingerprint density at radius 3 is 1.85 bits per heavy atom. The first-order valence-corrected chi connectivity index (χ1v) is 10.7. The molecule has 132 valence electrons. The van der Waals surface area contributed by atoms with E-state index >= 15 is 0 Å². The highest BCUT2D eigenvalue weighted by molar-refractivity contribution is 7.20. The van der Waals surface area contributed by atoms with Gasteiger partial charge in [0.05, 0.1) is 16.1 Å². The van der Waals surface area contributed by atoms with Gasteiger partial charge in [-0.3, -0.25) is 9.98 Å². The van der Waals surface area contributed by atoms with Crippen molar-refractivity contribution in [1.29, 1.82) is 0 Å². The van der Waals surface area contributed by atoms with E-state index in [2.05, 4.69) is 54.6 Å². The highest BCUT2D eigenvalue weighted by atomic mass is 32.1. The van der Waals surface area contributed by atoms with Gasteiger partial charge in [0.2, 0.25) is 0 Å². The van der Waals surface area contributed by atoms with Crippen LogP contribution in [0.4, 0.5) is 0 Å². The third-order valence-corrected chi connectivity index (χ3v) is 6.23. The van der Waals surface area contributed by atoms with Gasteiger partial charge >= 0.3 is 0 Å². The summed E-state index contributed by atoms with van der Waals surface area (Å²) in [5, 5.41) is 8.10. The van der Waals surface area contributed by atoms with Gasteiger partial charge in [-0.2, -0.15) is 0 Å². The van der Waals surface area contributed by atoms with Gasteiger partial charge in [-0.05, 0) is 58.7 Å². The molecule has 4 nitrogen and oxygen atoms in total. The lowest BCUT2D eigenvalue weighted by molar-refractivity contribution is 1.20. The summed E-state index contributed by atoms with van der Waals surface area (Å²) in [6.45, 7) is 0. The Morgan fingerprint density at radius 2 is 1.30 bits per heavy atom. The molecule has 6 rings (SSSR count). The highest BCUT2D eigenvalue weighted by Crippen LogP contribution is 2.28. The van der Waals surface area contributed by atoms with E-state index < -0.39 is 0 Å². The summed E-state index contributed by atoms with van der Waals surface area (Å²) in [5.74, 6) is 0. The minimum atomic E-state index is 0.988. The van der Waals surface area contributed by atoms with E-state index in [1.165, 1.54) is 21.3 Å². The van der Waals surface area contributed by atoms with E-state index in [0.717, 1.165) is 21.6 Å². The molecular formula is C20H14N4S3. The van der Waals surface area contributed by atoms with Gasteiger partial charge in [-0.1, -0.05) is 28.8 Å². The molecule has 0 spiro atoms. The first-order valence-electron chi connectivity index (χ1n) is 8.14. The first-order chi connectivity index (χ1) is 13.4. The van der Waals surface area contributed by atoms with Crippen LogP contribution in [0, 0.1) is 0 Å². The van der Waals surface area contributed by atoms with E-state index in [-0.39, 0.29) is 0 Å². The van der Waals surface area contributed by atoms with E-state index in [0.29, 0.717) is 0 Å². The second-order valence-electron chi connectivity index (χ2n) is 5.36. The van der Waals surface area contributed by atoms with E-state index in [9.17, 15) is 0 Å². The molecule has 0 bridgehead atoms. The van der Waals surface area contributed by atoms with Crippen LogP contribution in [-0.2, 0) is 0 Å². The third kappa shape index (κ3) is 4.51. The summed E-state index contributed by atoms with van der Waals surface area (Å²) < 4.78 is 4.94. The average molecular weight is 407 g/mol. The van der Waals surface area contributed by atoms with Crippen LogP contribution >= 0.6 is 34.2 Å². The fourth-order valence-electron chi connectivity index (χ4n) is 2.33. The largest absolute Gasteiger partial charge is 0.254 e. The number of benzene rings is 1. The van der Waals surface area contributed by atoms with Gasteiger partial charge in [0.15, 0.2) is 0 Å². The second-order valence-corrected chi connectivity index (χ2v) is 8.04. The molecule has 7 heteroatoms. The molecule has 27 heavy (non-hydrogen) atoms. The SMILES string of the molecule is C1=NC2=CC=NC2=C1.c1ccc2snnc2c1.c1csc(-c2cccs2)c1. The third-order valence-electron chi connectivity index (χ3n) is 3.59. The van der Waals surface area contributed by atoms with Crippen LogP contribution in [0.1, 0.15) is 0 Å². The molecule has 3 aromatic heterocycles. The molecular weight excluding hydrogens is 392 g/mol. The number of aliphatic imine (C=N–C) groups is 2. The van der Waals surface area contributed by atoms with Crippen molar-refractivity contribution < 1.29 is 0 Å². The predicted octanol–water partition coefficient (Wildman–Crippen LogP) is 6.09. The van der Waals surface area contributed by atoms with Crippen molar-refractivity contribution in [1.82, 2.24) is 9.59 Å². The Hall–Kier alpha value is -2.74. The summed E-state index contributed by atoms with van der Waals surface area (Å²) in [6, 6.07) is 16.4. The smallest absolute Gasteiger partial charge is 0.105 e. The molecule has 0 saturated heterocycles. The maximum atomic E-state index is 4.02. The lowest BCUT2D eigenvalue weighted by Gasteiger charge is -1.84. The van der Waals surface area contributed by atoms with Crippen LogP contribution in [0.5, 0.6) is 0 Å². The van der Waals surface area contributed by atoms with Crippen LogP contribution in [0.3, 0.4) is 0 Å². The molecule has 0 amide bonds. The fraction of sp³-hybridized carbons (Fsp3) is 0. The minimum Gasteiger partial charge on any atom is -0.254 e. The van der Waals surface area contributed by atoms with Gasteiger partial charge in [-0.15, -0.1) is 27.8 Å². The number of nitrogens with zero attached hydrogens (tertiary/aromatic N) is 4. The van der Waals surface area contributed by atoms with Gasteiger partial charge in [0.1, 0.15) is 5.52 Å². The summed E-state index contributed by atoms with van der Waals surface area (Å²) in [6.07, 6.45) is 7.32. The van der Waals surface area contributed by atoms with Crippen LogP contribution < -0.4 is 0 Å². The van der Waals surface area contributed by atoms with Crippen molar-refractivity contribution in [3.05, 3.63) is 82.8 Å². The van der Waals surface area contributed by atoms with Gasteiger partial charge < -0.3 is 0 Å². The zero-order valence-corrected chi connectivity index (χ0v) is 16.5. The zero-order valence-electron chi connectivity index (χ0n) is 14.1. The van der Waals surface area contributed by atoms with Crippen LogP contribution in [0.15, 0.2) is 92.8 Å². The Morgan fingerprint density at radius 1 is 0.667 bits per heavy atom. The van der Waals surface area contributed by atoms with E-state index in [4.69, 9.17) is 0 Å². The lowest BCUT2D eigenvalue weighted by atomic mass is 10.3. The number of hydrogen-bond donors (Lipinski definition) is 0. The van der Waals surface area contributed by atoms with Crippen molar-refractivity contribution in [2.24, 2.45) is 9.98 Å². The van der Waals surface area contributed by atoms with Crippen LogP contribution in [0.2, 0.25) is 0 Å². The molecule has 0 unspecified atom stereocenters. The summed E-state index contributed by atoms with van der Waals surface area (Å²) in [5.41, 5.74) is 2.97. The monoisotopic (exact) mass is 406 g/mol. The molecule has 0 saturated carbocycles. The molecule has 2 aliphatic rings. The fourth-order valence-corrected chi connectivity index (χ4v) is 4.47. The van der Waals surface area contributed by atoms with Crippen LogP contribution in [-0.4, -0.2) is 22.0 Å². The molecule has 4 aromatic rings. The Balaban J connectivity index is 0.000000101. The summed E-state index contributed by atoms with van der Waals surface area (Å²) >= 11 is 5.01. The number of aromatic nitrogens is 2. The topological polar surface area (TPSA) is 50.5 Å². The molecule has 5 heterocycles. The maximum Gasteiger partial charge on any atom is 0.105 e. The molecule has 1 aromatic carbocycles.